The third-order valence-corrected chi connectivity index (χ3v) is 5.87. The molecule has 1 aliphatic carbocycles. The second-order valence-corrected chi connectivity index (χ2v) is 7.79. The van der Waals surface area contributed by atoms with Gasteiger partial charge in [-0.2, -0.15) is 0 Å². The van der Waals surface area contributed by atoms with E-state index in [0.29, 0.717) is 21.9 Å². The number of carbonyl (C=O) groups is 2. The smallest absolute Gasteiger partial charge is 0.257 e. The van der Waals surface area contributed by atoms with E-state index in [0.717, 1.165) is 37.7 Å². The van der Waals surface area contributed by atoms with Crippen molar-refractivity contribution in [2.24, 2.45) is 5.73 Å². The summed E-state index contributed by atoms with van der Waals surface area (Å²) in [5.74, 6) is -0.247. The number of aryl methyl sites for hydroxylation is 1. The van der Waals surface area contributed by atoms with Crippen LogP contribution >= 0.6 is 23.6 Å². The molecule has 6 nitrogen and oxygen atoms in total. The van der Waals surface area contributed by atoms with Crippen molar-refractivity contribution in [1.29, 1.82) is 0 Å². The molecule has 1 heterocycles. The van der Waals surface area contributed by atoms with Crippen LogP contribution in [0.4, 0.5) is 5.00 Å². The van der Waals surface area contributed by atoms with Gasteiger partial charge in [0.15, 0.2) is 5.11 Å². The topological polar surface area (TPSA) is 93.4 Å². The molecule has 0 saturated heterocycles. The van der Waals surface area contributed by atoms with Crippen LogP contribution in [-0.4, -0.2) is 24.0 Å². The Bertz CT molecular complexity index is 892. The van der Waals surface area contributed by atoms with Gasteiger partial charge in [0.25, 0.3) is 11.8 Å². The number of anilines is 1. The van der Waals surface area contributed by atoms with Crippen LogP contribution in [0.5, 0.6) is 5.75 Å². The minimum Gasteiger partial charge on any atom is -0.497 e. The van der Waals surface area contributed by atoms with Gasteiger partial charge < -0.3 is 15.8 Å². The van der Waals surface area contributed by atoms with E-state index in [4.69, 9.17) is 22.7 Å². The Balaban J connectivity index is 1.76. The molecule has 1 aliphatic rings. The molecule has 1 aromatic heterocycles. The van der Waals surface area contributed by atoms with Crippen molar-refractivity contribution in [3.05, 3.63) is 45.8 Å². The van der Waals surface area contributed by atoms with Gasteiger partial charge in [-0.1, -0.05) is 12.5 Å². The number of carbonyl (C=O) groups excluding carboxylic acids is 2. The van der Waals surface area contributed by atoms with E-state index in [-0.39, 0.29) is 11.0 Å². The zero-order chi connectivity index (χ0) is 19.4. The first kappa shape index (κ1) is 19.3. The molecule has 0 unspecified atom stereocenters. The number of hydrogen-bond donors (Lipinski definition) is 3. The van der Waals surface area contributed by atoms with E-state index < -0.39 is 5.91 Å². The summed E-state index contributed by atoms with van der Waals surface area (Å²) in [7, 11) is 1.54. The Morgan fingerprint density at radius 3 is 2.74 bits per heavy atom. The SMILES string of the molecule is COc1cccc(C(=O)NC(=S)Nc2sc3c(c2C(N)=O)CCCCC3)c1. The van der Waals surface area contributed by atoms with Crippen LogP contribution in [0.3, 0.4) is 0 Å². The van der Waals surface area contributed by atoms with Crippen molar-refractivity contribution in [2.75, 3.05) is 12.4 Å². The summed E-state index contributed by atoms with van der Waals surface area (Å²) in [5.41, 5.74) is 7.56. The van der Waals surface area contributed by atoms with Gasteiger partial charge in [0.1, 0.15) is 10.8 Å². The molecule has 142 valence electrons. The van der Waals surface area contributed by atoms with Crippen LogP contribution in [-0.2, 0) is 12.8 Å². The summed E-state index contributed by atoms with van der Waals surface area (Å²) in [4.78, 5) is 25.6. The Labute approximate surface area is 167 Å². The molecule has 2 aromatic rings. The lowest BCUT2D eigenvalue weighted by Gasteiger charge is -2.10. The van der Waals surface area contributed by atoms with Crippen LogP contribution in [0, 0.1) is 0 Å². The minimum absolute atomic E-state index is 0.127. The zero-order valence-corrected chi connectivity index (χ0v) is 16.6. The van der Waals surface area contributed by atoms with Gasteiger partial charge in [-0.25, -0.2) is 0 Å². The number of nitrogens with two attached hydrogens (primary N) is 1. The van der Waals surface area contributed by atoms with Crippen molar-refractivity contribution in [3.63, 3.8) is 0 Å². The first-order valence-corrected chi connectivity index (χ1v) is 9.92. The number of fused-ring (bicyclic) bond motifs is 1. The molecule has 0 fully saturated rings. The van der Waals surface area contributed by atoms with E-state index in [1.807, 2.05) is 0 Å². The quantitative estimate of drug-likeness (QED) is 0.538. The average Bonchev–Trinajstić information content (AvgIpc) is 2.82. The number of amides is 2. The van der Waals surface area contributed by atoms with E-state index >= 15 is 0 Å². The Morgan fingerprint density at radius 2 is 2.00 bits per heavy atom. The normalized spacial score (nSPS) is 13.2. The van der Waals surface area contributed by atoms with Crippen LogP contribution < -0.4 is 21.1 Å². The van der Waals surface area contributed by atoms with E-state index in [1.165, 1.54) is 23.3 Å². The van der Waals surface area contributed by atoms with Gasteiger partial charge >= 0.3 is 0 Å². The molecule has 0 atom stereocenters. The summed E-state index contributed by atoms with van der Waals surface area (Å²) < 4.78 is 5.13. The van der Waals surface area contributed by atoms with Gasteiger partial charge in [0.05, 0.1) is 12.7 Å². The number of rotatable bonds is 4. The molecule has 0 spiro atoms. The third kappa shape index (κ3) is 4.45. The lowest BCUT2D eigenvalue weighted by Crippen LogP contribution is -2.34. The highest BCUT2D eigenvalue weighted by atomic mass is 32.1. The van der Waals surface area contributed by atoms with Crippen molar-refractivity contribution in [1.82, 2.24) is 5.32 Å². The van der Waals surface area contributed by atoms with Crippen LogP contribution in [0.15, 0.2) is 24.3 Å². The molecule has 2 amide bonds. The number of thiocarbonyl (C=S) groups is 1. The summed E-state index contributed by atoms with van der Waals surface area (Å²) in [6.07, 6.45) is 5.07. The van der Waals surface area contributed by atoms with Crippen molar-refractivity contribution in [2.45, 2.75) is 32.1 Å². The number of hydrogen-bond acceptors (Lipinski definition) is 5. The monoisotopic (exact) mass is 403 g/mol. The highest BCUT2D eigenvalue weighted by Gasteiger charge is 2.24. The second-order valence-electron chi connectivity index (χ2n) is 6.27. The maximum atomic E-state index is 12.4. The molecule has 27 heavy (non-hydrogen) atoms. The van der Waals surface area contributed by atoms with Gasteiger partial charge in [-0.15, -0.1) is 11.3 Å². The number of benzene rings is 1. The van der Waals surface area contributed by atoms with Crippen molar-refractivity contribution >= 4 is 45.5 Å². The second kappa shape index (κ2) is 8.49. The highest BCUT2D eigenvalue weighted by Crippen LogP contribution is 2.37. The van der Waals surface area contributed by atoms with E-state index in [1.54, 1.807) is 24.3 Å². The Morgan fingerprint density at radius 1 is 1.22 bits per heavy atom. The minimum atomic E-state index is -0.473. The fourth-order valence-electron chi connectivity index (χ4n) is 3.17. The van der Waals surface area contributed by atoms with Crippen LogP contribution in [0.1, 0.15) is 50.4 Å². The Kier molecular flexibility index (Phi) is 6.08. The number of thiophene rings is 1. The zero-order valence-electron chi connectivity index (χ0n) is 15.0. The average molecular weight is 404 g/mol. The molecule has 0 saturated carbocycles. The molecule has 3 rings (SSSR count). The highest BCUT2D eigenvalue weighted by molar-refractivity contribution is 7.80. The maximum absolute atomic E-state index is 12.4. The largest absolute Gasteiger partial charge is 0.497 e. The maximum Gasteiger partial charge on any atom is 0.257 e. The van der Waals surface area contributed by atoms with Crippen molar-refractivity contribution < 1.29 is 14.3 Å². The van der Waals surface area contributed by atoms with Crippen molar-refractivity contribution in [3.8, 4) is 5.75 Å². The van der Waals surface area contributed by atoms with Gasteiger partial charge in [-0.05, 0) is 61.7 Å². The third-order valence-electron chi connectivity index (χ3n) is 4.45. The molecular weight excluding hydrogens is 382 g/mol. The predicted molar refractivity (Wildman–Crippen MR) is 111 cm³/mol. The molecule has 0 bridgehead atoms. The molecule has 0 aliphatic heterocycles. The van der Waals surface area contributed by atoms with E-state index in [2.05, 4.69) is 10.6 Å². The van der Waals surface area contributed by atoms with Gasteiger partial charge in [0, 0.05) is 10.4 Å². The number of methoxy groups -OCH3 is 1. The first-order chi connectivity index (χ1) is 13.0. The summed E-state index contributed by atoms with van der Waals surface area (Å²) >= 11 is 6.76. The Hall–Kier alpha value is -2.45. The first-order valence-electron chi connectivity index (χ1n) is 8.70. The molecule has 4 N–H and O–H groups in total. The lowest BCUT2D eigenvalue weighted by molar-refractivity contribution is 0.0975. The van der Waals surface area contributed by atoms with Crippen LogP contribution in [0.2, 0.25) is 0 Å². The summed E-state index contributed by atoms with van der Waals surface area (Å²) in [6, 6.07) is 6.78. The standard InChI is InChI=1S/C19H21N3O3S2/c1-25-12-7-5-6-11(10-12)17(24)21-19(26)22-18-15(16(20)23)13-8-3-2-4-9-14(13)27-18/h5-7,10H,2-4,8-9H2,1H3,(H2,20,23)(H2,21,22,24,26). The fraction of sp³-hybridized carbons (Fsp3) is 0.316. The fourth-order valence-corrected chi connectivity index (χ4v) is 4.72. The number of ether oxygens (including phenoxy) is 1. The van der Waals surface area contributed by atoms with Gasteiger partial charge in [0.2, 0.25) is 0 Å². The molecule has 8 heteroatoms. The summed E-state index contributed by atoms with van der Waals surface area (Å²) in [5, 5.41) is 6.35. The predicted octanol–water partition coefficient (Wildman–Crippen LogP) is 3.25. The molecule has 1 aromatic carbocycles. The van der Waals surface area contributed by atoms with Crippen LogP contribution in [0.25, 0.3) is 0 Å². The number of nitrogens with one attached hydrogen (secondary N) is 2. The lowest BCUT2D eigenvalue weighted by atomic mass is 10.1. The molecular formula is C19H21N3O3S2. The molecule has 0 radical (unpaired) electrons. The van der Waals surface area contributed by atoms with E-state index in [9.17, 15) is 9.59 Å². The van der Waals surface area contributed by atoms with Gasteiger partial charge in [-0.3, -0.25) is 14.9 Å². The summed E-state index contributed by atoms with van der Waals surface area (Å²) in [6.45, 7) is 0. The number of primary amides is 1.